The number of hydrogen-bond acceptors (Lipinski definition) is 8. The smallest absolute Gasteiger partial charge is 0.303 e. The molecule has 0 N–H and O–H groups in total. The van der Waals surface area contributed by atoms with Crippen LogP contribution >= 0.6 is 0 Å². The van der Waals surface area contributed by atoms with E-state index >= 15 is 0 Å². The van der Waals surface area contributed by atoms with Crippen LogP contribution in [-0.2, 0) is 38.1 Å². The van der Waals surface area contributed by atoms with Gasteiger partial charge in [-0.15, -0.1) is 0 Å². The zero-order valence-corrected chi connectivity index (χ0v) is 13.0. The Morgan fingerprint density at radius 3 is 0.864 bits per heavy atom. The Morgan fingerprint density at radius 2 is 0.727 bits per heavy atom. The third kappa shape index (κ3) is 5.71. The average molecular weight is 316 g/mol. The molecule has 8 heteroatoms. The van der Waals surface area contributed by atoms with Crippen molar-refractivity contribution in [2.75, 3.05) is 0 Å². The number of hydrogen-bond donors (Lipinski definition) is 0. The van der Waals surface area contributed by atoms with E-state index in [1.54, 1.807) is 0 Å². The van der Waals surface area contributed by atoms with Crippen molar-refractivity contribution >= 4 is 23.9 Å². The van der Waals surface area contributed by atoms with Crippen molar-refractivity contribution in [3.05, 3.63) is 0 Å². The topological polar surface area (TPSA) is 105 Å². The molecule has 0 bridgehead atoms. The van der Waals surface area contributed by atoms with E-state index in [4.69, 9.17) is 18.9 Å². The van der Waals surface area contributed by atoms with Crippen molar-refractivity contribution in [1.29, 1.82) is 0 Å². The Morgan fingerprint density at radius 1 is 0.545 bits per heavy atom. The first-order valence-corrected chi connectivity index (χ1v) is 6.88. The Bertz CT molecular complexity index is 376. The molecule has 0 saturated heterocycles. The molecular formula is C14H20O8. The van der Waals surface area contributed by atoms with E-state index < -0.39 is 48.3 Å². The van der Waals surface area contributed by atoms with E-state index in [-0.39, 0.29) is 12.8 Å². The normalized spacial score (nSPS) is 27.5. The fourth-order valence-electron chi connectivity index (χ4n) is 2.41. The summed E-state index contributed by atoms with van der Waals surface area (Å²) in [5, 5.41) is 0. The minimum atomic E-state index is -0.766. The SMILES string of the molecule is CC(=O)O[C@H]1C[C@@H](OC(C)=O)[C@@H](OC(C)=O)C[C@H]1OC(C)=O. The second kappa shape index (κ2) is 7.77. The summed E-state index contributed by atoms with van der Waals surface area (Å²) in [6.07, 6.45) is -2.91. The Balaban J connectivity index is 2.92. The van der Waals surface area contributed by atoms with E-state index in [9.17, 15) is 19.2 Å². The molecule has 0 aromatic rings. The van der Waals surface area contributed by atoms with E-state index in [0.717, 1.165) is 0 Å². The highest BCUT2D eigenvalue weighted by molar-refractivity contribution is 5.68. The van der Waals surface area contributed by atoms with Crippen molar-refractivity contribution in [2.45, 2.75) is 65.0 Å². The maximum Gasteiger partial charge on any atom is 0.303 e. The van der Waals surface area contributed by atoms with E-state index in [0.29, 0.717) is 0 Å². The molecular weight excluding hydrogens is 296 g/mol. The molecule has 8 nitrogen and oxygen atoms in total. The molecule has 0 aromatic carbocycles. The molecule has 0 spiro atoms. The Labute approximate surface area is 128 Å². The van der Waals surface area contributed by atoms with Gasteiger partial charge in [0.1, 0.15) is 24.4 Å². The monoisotopic (exact) mass is 316 g/mol. The lowest BCUT2D eigenvalue weighted by atomic mass is 9.89. The highest BCUT2D eigenvalue weighted by Crippen LogP contribution is 2.29. The molecule has 0 aliphatic heterocycles. The number of carbonyl (C=O) groups is 4. The van der Waals surface area contributed by atoms with Crippen molar-refractivity contribution in [3.63, 3.8) is 0 Å². The van der Waals surface area contributed by atoms with Gasteiger partial charge in [0.05, 0.1) is 0 Å². The van der Waals surface area contributed by atoms with Crippen molar-refractivity contribution in [2.24, 2.45) is 0 Å². The van der Waals surface area contributed by atoms with Gasteiger partial charge in [-0.3, -0.25) is 19.2 Å². The number of rotatable bonds is 4. The van der Waals surface area contributed by atoms with Gasteiger partial charge < -0.3 is 18.9 Å². The molecule has 0 unspecified atom stereocenters. The molecule has 0 heterocycles. The predicted octanol–water partition coefficient (Wildman–Crippen LogP) is 0.507. The summed E-state index contributed by atoms with van der Waals surface area (Å²) >= 11 is 0. The Kier molecular flexibility index (Phi) is 6.33. The lowest BCUT2D eigenvalue weighted by Crippen LogP contribution is -2.51. The summed E-state index contributed by atoms with van der Waals surface area (Å²) in [4.78, 5) is 44.7. The fourth-order valence-corrected chi connectivity index (χ4v) is 2.41. The van der Waals surface area contributed by atoms with Crippen LogP contribution in [0, 0.1) is 0 Å². The quantitative estimate of drug-likeness (QED) is 0.545. The molecule has 1 rings (SSSR count). The van der Waals surface area contributed by atoms with Gasteiger partial charge in [0.2, 0.25) is 0 Å². The molecule has 1 aliphatic carbocycles. The van der Waals surface area contributed by atoms with Gasteiger partial charge in [0.25, 0.3) is 0 Å². The first-order chi connectivity index (χ1) is 10.2. The van der Waals surface area contributed by atoms with Gasteiger partial charge >= 0.3 is 23.9 Å². The first-order valence-electron chi connectivity index (χ1n) is 6.88. The molecule has 4 atom stereocenters. The van der Waals surface area contributed by atoms with Gasteiger partial charge in [0, 0.05) is 40.5 Å². The van der Waals surface area contributed by atoms with Gasteiger partial charge in [-0.1, -0.05) is 0 Å². The van der Waals surface area contributed by atoms with Gasteiger partial charge in [0.15, 0.2) is 0 Å². The molecule has 0 amide bonds. The van der Waals surface area contributed by atoms with Crippen molar-refractivity contribution < 1.29 is 38.1 Å². The van der Waals surface area contributed by atoms with Crippen LogP contribution in [0.25, 0.3) is 0 Å². The molecule has 124 valence electrons. The van der Waals surface area contributed by atoms with E-state index in [2.05, 4.69) is 0 Å². The van der Waals surface area contributed by atoms with Crippen molar-refractivity contribution in [1.82, 2.24) is 0 Å². The summed E-state index contributed by atoms with van der Waals surface area (Å²) in [5.74, 6) is -2.19. The molecule has 1 aliphatic rings. The summed E-state index contributed by atoms with van der Waals surface area (Å²) in [6.45, 7) is 4.90. The van der Waals surface area contributed by atoms with Crippen LogP contribution in [0.5, 0.6) is 0 Å². The third-order valence-electron chi connectivity index (χ3n) is 3.03. The zero-order valence-electron chi connectivity index (χ0n) is 13.0. The second-order valence-corrected chi connectivity index (χ2v) is 5.06. The minimum absolute atomic E-state index is 0.0784. The van der Waals surface area contributed by atoms with Gasteiger partial charge in [-0.2, -0.15) is 0 Å². The lowest BCUT2D eigenvalue weighted by Gasteiger charge is -2.38. The largest absolute Gasteiger partial charge is 0.458 e. The van der Waals surface area contributed by atoms with Crippen LogP contribution in [0.2, 0.25) is 0 Å². The van der Waals surface area contributed by atoms with Crippen LogP contribution in [0.15, 0.2) is 0 Å². The van der Waals surface area contributed by atoms with E-state index in [1.165, 1.54) is 27.7 Å². The lowest BCUT2D eigenvalue weighted by molar-refractivity contribution is -0.196. The highest BCUT2D eigenvalue weighted by Gasteiger charge is 2.44. The van der Waals surface area contributed by atoms with E-state index in [1.807, 2.05) is 0 Å². The number of ether oxygens (including phenoxy) is 4. The molecule has 0 radical (unpaired) electrons. The maximum absolute atomic E-state index is 11.2. The molecule has 1 saturated carbocycles. The average Bonchev–Trinajstić information content (AvgIpc) is 2.31. The zero-order chi connectivity index (χ0) is 16.9. The summed E-state index contributed by atoms with van der Waals surface area (Å²) in [6, 6.07) is 0. The Hall–Kier alpha value is -2.12. The molecule has 22 heavy (non-hydrogen) atoms. The number of esters is 4. The minimum Gasteiger partial charge on any atom is -0.458 e. The molecule has 1 fully saturated rings. The summed E-state index contributed by atoms with van der Waals surface area (Å²) in [7, 11) is 0. The highest BCUT2D eigenvalue weighted by atomic mass is 16.6. The second-order valence-electron chi connectivity index (χ2n) is 5.06. The standard InChI is InChI=1S/C14H20O8/c1-7(15)19-11-5-13(21-9(3)17)14(22-10(4)18)6-12(11)20-8(2)16/h11-14H,5-6H2,1-4H3/t11-,12+,13+,14-. The van der Waals surface area contributed by atoms with Crippen LogP contribution < -0.4 is 0 Å². The van der Waals surface area contributed by atoms with Gasteiger partial charge in [-0.05, 0) is 0 Å². The summed E-state index contributed by atoms with van der Waals surface area (Å²) in [5.41, 5.74) is 0. The predicted molar refractivity (Wildman–Crippen MR) is 71.5 cm³/mol. The summed E-state index contributed by atoms with van der Waals surface area (Å²) < 4.78 is 20.5. The first kappa shape index (κ1) is 17.9. The van der Waals surface area contributed by atoms with Crippen LogP contribution in [0.3, 0.4) is 0 Å². The maximum atomic E-state index is 11.2. The van der Waals surface area contributed by atoms with Crippen LogP contribution in [0.1, 0.15) is 40.5 Å². The van der Waals surface area contributed by atoms with Crippen LogP contribution in [-0.4, -0.2) is 48.3 Å². The fraction of sp³-hybridized carbons (Fsp3) is 0.714. The van der Waals surface area contributed by atoms with Crippen LogP contribution in [0.4, 0.5) is 0 Å². The van der Waals surface area contributed by atoms with Crippen molar-refractivity contribution in [3.8, 4) is 0 Å². The third-order valence-corrected chi connectivity index (χ3v) is 3.03. The number of carbonyl (C=O) groups excluding carboxylic acids is 4. The molecule has 0 aromatic heterocycles. The van der Waals surface area contributed by atoms with Gasteiger partial charge in [-0.25, -0.2) is 0 Å².